The number of hydrogen-bond acceptors (Lipinski definition) is 2. The predicted molar refractivity (Wildman–Crippen MR) is 49.4 cm³/mol. The van der Waals surface area contributed by atoms with Gasteiger partial charge in [0.25, 0.3) is 0 Å². The molecule has 0 saturated heterocycles. The maximum atomic E-state index is 6.97. The molecule has 3 N–H and O–H groups in total. The fourth-order valence-electron chi connectivity index (χ4n) is 0.350. The molecule has 0 aliphatic rings. The summed E-state index contributed by atoms with van der Waals surface area (Å²) in [6.07, 6.45) is 0. The summed E-state index contributed by atoms with van der Waals surface area (Å²) in [7, 11) is 0. The van der Waals surface area contributed by atoms with E-state index in [9.17, 15) is 0 Å². The van der Waals surface area contributed by atoms with Crippen LogP contribution in [0.1, 0.15) is 13.8 Å². The van der Waals surface area contributed by atoms with Gasteiger partial charge in [0.1, 0.15) is 5.84 Å². The van der Waals surface area contributed by atoms with Gasteiger partial charge in [-0.2, -0.15) is 0 Å². The van der Waals surface area contributed by atoms with Crippen molar-refractivity contribution in [2.75, 3.05) is 0 Å². The number of nitrogens with zero attached hydrogens (tertiary/aromatic N) is 1. The number of nitrogens with one attached hydrogen (secondary N) is 1. The second kappa shape index (κ2) is 4.36. The van der Waals surface area contributed by atoms with Gasteiger partial charge in [-0.1, -0.05) is 23.2 Å². The van der Waals surface area contributed by atoms with E-state index in [2.05, 4.69) is 4.99 Å². The average Bonchev–Trinajstić information content (AvgIpc) is 1.84. The van der Waals surface area contributed by atoms with Crippen LogP contribution in [0.2, 0.25) is 0 Å². The van der Waals surface area contributed by atoms with Crippen LogP contribution >= 0.6 is 23.2 Å². The Kier molecular flexibility index (Phi) is 4.15. The van der Waals surface area contributed by atoms with Crippen molar-refractivity contribution >= 4 is 34.2 Å². The average molecular weight is 194 g/mol. The van der Waals surface area contributed by atoms with Crippen molar-refractivity contribution in [2.45, 2.75) is 13.8 Å². The van der Waals surface area contributed by atoms with Crippen LogP contribution in [0.15, 0.2) is 15.7 Å². The number of halogens is 2. The van der Waals surface area contributed by atoms with E-state index in [4.69, 9.17) is 34.3 Å². The molecular weight excluding hydrogens is 185 g/mol. The lowest BCUT2D eigenvalue weighted by Crippen LogP contribution is -2.08. The largest absolute Gasteiger partial charge is 0.395 e. The molecule has 3 nitrogen and oxygen atoms in total. The maximum Gasteiger partial charge on any atom is 0.155 e. The normalized spacial score (nSPS) is 14.4. The molecule has 11 heavy (non-hydrogen) atoms. The van der Waals surface area contributed by atoms with E-state index < -0.39 is 0 Å². The first kappa shape index (κ1) is 10.5. The molecule has 0 rings (SSSR count). The highest BCUT2D eigenvalue weighted by Gasteiger charge is 2.01. The third-order valence-electron chi connectivity index (χ3n) is 0.859. The predicted octanol–water partition coefficient (Wildman–Crippen LogP) is 2.05. The van der Waals surface area contributed by atoms with Gasteiger partial charge in [0, 0.05) is 5.03 Å². The first-order chi connectivity index (χ1) is 4.95. The first-order valence-electron chi connectivity index (χ1n) is 2.86. The van der Waals surface area contributed by atoms with E-state index in [1.165, 1.54) is 6.92 Å². The fraction of sp³-hybridized carbons (Fsp3) is 0.333. The third-order valence-corrected chi connectivity index (χ3v) is 1.35. The number of hydrogen-bond donors (Lipinski definition) is 2. The molecule has 0 aliphatic carbocycles. The van der Waals surface area contributed by atoms with Gasteiger partial charge in [-0.25, -0.2) is 4.99 Å². The van der Waals surface area contributed by atoms with Crippen molar-refractivity contribution in [1.82, 2.24) is 0 Å². The SMILES string of the molecule is CC(=N)N=C(Cl)/C(N)=C(\C)Cl. The lowest BCUT2D eigenvalue weighted by molar-refractivity contribution is 1.38. The Bertz CT molecular complexity index is 226. The zero-order valence-electron chi connectivity index (χ0n) is 6.28. The number of aliphatic imine (C=N–C) groups is 1. The van der Waals surface area contributed by atoms with Gasteiger partial charge in [0.2, 0.25) is 0 Å². The molecule has 0 heterocycles. The minimum absolute atomic E-state index is 0.0602. The van der Waals surface area contributed by atoms with Crippen molar-refractivity contribution in [1.29, 1.82) is 5.41 Å². The van der Waals surface area contributed by atoms with Crippen LogP contribution in [-0.2, 0) is 0 Å². The topological polar surface area (TPSA) is 62.2 Å². The fourth-order valence-corrected chi connectivity index (χ4v) is 0.756. The molecule has 0 saturated carbocycles. The zero-order valence-corrected chi connectivity index (χ0v) is 7.79. The van der Waals surface area contributed by atoms with Crippen molar-refractivity contribution < 1.29 is 0 Å². The van der Waals surface area contributed by atoms with Gasteiger partial charge in [-0.3, -0.25) is 5.41 Å². The van der Waals surface area contributed by atoms with Crippen LogP contribution in [0.5, 0.6) is 0 Å². The lowest BCUT2D eigenvalue weighted by Gasteiger charge is -1.97. The second-order valence-electron chi connectivity index (χ2n) is 1.94. The molecular formula is C6H9Cl2N3. The highest BCUT2D eigenvalue weighted by Crippen LogP contribution is 2.07. The Hall–Kier alpha value is -0.540. The summed E-state index contributed by atoms with van der Waals surface area (Å²) in [6.45, 7) is 3.10. The van der Waals surface area contributed by atoms with Crippen molar-refractivity contribution in [2.24, 2.45) is 10.7 Å². The molecule has 0 aromatic rings. The molecule has 0 aromatic heterocycles. The van der Waals surface area contributed by atoms with Crippen molar-refractivity contribution in [3.8, 4) is 0 Å². The van der Waals surface area contributed by atoms with Crippen LogP contribution in [0, 0.1) is 5.41 Å². The minimum Gasteiger partial charge on any atom is -0.395 e. The van der Waals surface area contributed by atoms with Crippen LogP contribution in [0.25, 0.3) is 0 Å². The van der Waals surface area contributed by atoms with Gasteiger partial charge in [-0.15, -0.1) is 0 Å². The Labute approximate surface area is 75.4 Å². The van der Waals surface area contributed by atoms with Crippen molar-refractivity contribution in [3.63, 3.8) is 0 Å². The quantitative estimate of drug-likeness (QED) is 0.487. The summed E-state index contributed by atoms with van der Waals surface area (Å²) in [6, 6.07) is 0. The van der Waals surface area contributed by atoms with Crippen LogP contribution in [0.3, 0.4) is 0 Å². The van der Waals surface area contributed by atoms with E-state index in [-0.39, 0.29) is 16.7 Å². The standard InChI is InChI=1S/C6H9Cl2N3/c1-3(7)5(10)6(8)11-4(2)9/h9H,10H2,1-2H3/b5-3-,9-4?,11-6?. The minimum atomic E-state index is 0.0602. The van der Waals surface area contributed by atoms with Gasteiger partial charge in [0.15, 0.2) is 5.17 Å². The third kappa shape index (κ3) is 4.01. The van der Waals surface area contributed by atoms with E-state index in [0.717, 1.165) is 0 Å². The monoisotopic (exact) mass is 193 g/mol. The van der Waals surface area contributed by atoms with Crippen LogP contribution < -0.4 is 5.73 Å². The molecule has 0 aliphatic heterocycles. The molecule has 0 aromatic carbocycles. The summed E-state index contributed by atoms with van der Waals surface area (Å²) in [5.74, 6) is 0.0934. The highest BCUT2D eigenvalue weighted by molar-refractivity contribution is 6.70. The molecule has 0 radical (unpaired) electrons. The van der Waals surface area contributed by atoms with E-state index in [0.29, 0.717) is 5.03 Å². The Morgan fingerprint density at radius 2 is 1.82 bits per heavy atom. The summed E-state index contributed by atoms with van der Waals surface area (Å²) < 4.78 is 0. The summed E-state index contributed by atoms with van der Waals surface area (Å²) in [4.78, 5) is 3.60. The molecule has 0 atom stereocenters. The number of rotatable bonds is 1. The summed E-state index contributed by atoms with van der Waals surface area (Å²) >= 11 is 11.1. The summed E-state index contributed by atoms with van der Waals surface area (Å²) in [5, 5.41) is 7.40. The molecule has 0 spiro atoms. The smallest absolute Gasteiger partial charge is 0.155 e. The molecule has 0 bridgehead atoms. The van der Waals surface area contributed by atoms with Crippen molar-refractivity contribution in [3.05, 3.63) is 10.7 Å². The lowest BCUT2D eigenvalue weighted by atomic mass is 10.4. The summed E-state index contributed by atoms with van der Waals surface area (Å²) in [5.41, 5.74) is 5.60. The zero-order chi connectivity index (χ0) is 9.02. The number of amidine groups is 1. The van der Waals surface area contributed by atoms with Gasteiger partial charge in [0.05, 0.1) is 5.70 Å². The first-order valence-corrected chi connectivity index (χ1v) is 3.62. The Balaban J connectivity index is 4.63. The van der Waals surface area contributed by atoms with E-state index >= 15 is 0 Å². The molecule has 0 unspecified atom stereocenters. The van der Waals surface area contributed by atoms with Gasteiger partial charge in [-0.05, 0) is 13.8 Å². The highest BCUT2D eigenvalue weighted by atomic mass is 35.5. The van der Waals surface area contributed by atoms with Crippen LogP contribution in [0.4, 0.5) is 0 Å². The second-order valence-corrected chi connectivity index (χ2v) is 2.86. The number of allylic oxidation sites excluding steroid dienone is 2. The molecule has 0 fully saturated rings. The maximum absolute atomic E-state index is 6.97. The van der Waals surface area contributed by atoms with E-state index in [1.807, 2.05) is 0 Å². The molecule has 62 valence electrons. The Morgan fingerprint density at radius 1 is 1.36 bits per heavy atom. The van der Waals surface area contributed by atoms with Gasteiger partial charge >= 0.3 is 0 Å². The van der Waals surface area contributed by atoms with Gasteiger partial charge < -0.3 is 5.73 Å². The molecule has 5 heteroatoms. The van der Waals surface area contributed by atoms with E-state index in [1.54, 1.807) is 6.92 Å². The van der Waals surface area contributed by atoms with Crippen LogP contribution in [-0.4, -0.2) is 11.0 Å². The Morgan fingerprint density at radius 3 is 2.09 bits per heavy atom. The molecule has 0 amide bonds. The number of nitrogens with two attached hydrogens (primary N) is 1.